The fourth-order valence-electron chi connectivity index (χ4n) is 2.25. The van der Waals surface area contributed by atoms with Crippen LogP contribution < -0.4 is 0 Å². The molecule has 1 atom stereocenters. The van der Waals surface area contributed by atoms with E-state index in [1.807, 2.05) is 23.6 Å². The molecule has 17 heavy (non-hydrogen) atoms. The summed E-state index contributed by atoms with van der Waals surface area (Å²) < 4.78 is 5.41. The van der Waals surface area contributed by atoms with E-state index in [1.54, 1.807) is 23.7 Å². The largest absolute Gasteiger partial charge is 0.469 e. The van der Waals surface area contributed by atoms with Crippen LogP contribution >= 0.6 is 11.3 Å². The van der Waals surface area contributed by atoms with Gasteiger partial charge in [-0.05, 0) is 41.6 Å². The fraction of sp³-hybridized carbons (Fsp3) is 0.214. The molecular formula is C14H12O2S. The van der Waals surface area contributed by atoms with Crippen LogP contribution in [0.4, 0.5) is 0 Å². The number of ketones is 1. The van der Waals surface area contributed by atoms with Gasteiger partial charge in [0.25, 0.3) is 0 Å². The second kappa shape index (κ2) is 4.34. The fourth-order valence-corrected chi connectivity index (χ4v) is 3.00. The van der Waals surface area contributed by atoms with Crippen molar-refractivity contribution in [3.8, 4) is 0 Å². The van der Waals surface area contributed by atoms with Crippen molar-refractivity contribution in [2.45, 2.75) is 18.8 Å². The molecule has 0 amide bonds. The second-order valence-electron chi connectivity index (χ2n) is 4.23. The van der Waals surface area contributed by atoms with Crippen molar-refractivity contribution in [2.24, 2.45) is 0 Å². The molecule has 0 aliphatic heterocycles. The van der Waals surface area contributed by atoms with Crippen LogP contribution in [0.15, 0.2) is 46.4 Å². The monoisotopic (exact) mass is 244 g/mol. The van der Waals surface area contributed by atoms with Gasteiger partial charge in [-0.15, -0.1) is 11.3 Å². The predicted molar refractivity (Wildman–Crippen MR) is 68.0 cm³/mol. The number of hydrogen-bond donors (Lipinski definition) is 0. The summed E-state index contributed by atoms with van der Waals surface area (Å²) in [6, 6.07) is 7.91. The molecule has 3 heteroatoms. The molecule has 0 spiro atoms. The normalized spacial score (nSPS) is 20.4. The van der Waals surface area contributed by atoms with Crippen LogP contribution in [-0.2, 0) is 4.79 Å². The van der Waals surface area contributed by atoms with Gasteiger partial charge in [-0.25, -0.2) is 0 Å². The SMILES string of the molecule is O=C1C=C(c2cccs2)CC(c2ccco2)C1. The van der Waals surface area contributed by atoms with E-state index in [9.17, 15) is 4.79 Å². The van der Waals surface area contributed by atoms with E-state index in [-0.39, 0.29) is 11.7 Å². The average molecular weight is 244 g/mol. The van der Waals surface area contributed by atoms with Crippen LogP contribution in [0.2, 0.25) is 0 Å². The van der Waals surface area contributed by atoms with E-state index >= 15 is 0 Å². The summed E-state index contributed by atoms with van der Waals surface area (Å²) in [5.41, 5.74) is 1.14. The van der Waals surface area contributed by atoms with Gasteiger partial charge in [-0.1, -0.05) is 6.07 Å². The van der Waals surface area contributed by atoms with Crippen LogP contribution in [0.3, 0.4) is 0 Å². The number of carbonyl (C=O) groups is 1. The van der Waals surface area contributed by atoms with Crippen LogP contribution in [-0.4, -0.2) is 5.78 Å². The molecule has 1 aliphatic rings. The molecule has 86 valence electrons. The highest BCUT2D eigenvalue weighted by atomic mass is 32.1. The Labute approximate surface area is 104 Å². The molecular weight excluding hydrogens is 232 g/mol. The van der Waals surface area contributed by atoms with Gasteiger partial charge < -0.3 is 4.42 Å². The summed E-state index contributed by atoms with van der Waals surface area (Å²) in [5, 5.41) is 2.04. The highest BCUT2D eigenvalue weighted by Gasteiger charge is 2.24. The molecule has 1 unspecified atom stereocenters. The van der Waals surface area contributed by atoms with Crippen molar-refractivity contribution >= 4 is 22.7 Å². The van der Waals surface area contributed by atoms with Crippen LogP contribution in [0.1, 0.15) is 29.4 Å². The molecule has 3 rings (SSSR count). The molecule has 2 aromatic heterocycles. The van der Waals surface area contributed by atoms with Crippen LogP contribution in [0.5, 0.6) is 0 Å². The first kappa shape index (κ1) is 10.5. The Morgan fingerprint density at radius 1 is 1.24 bits per heavy atom. The molecule has 0 fully saturated rings. The van der Waals surface area contributed by atoms with Crippen molar-refractivity contribution in [3.63, 3.8) is 0 Å². The van der Waals surface area contributed by atoms with E-state index in [4.69, 9.17) is 4.42 Å². The lowest BCUT2D eigenvalue weighted by Gasteiger charge is -2.19. The Morgan fingerprint density at radius 2 is 2.18 bits per heavy atom. The van der Waals surface area contributed by atoms with Gasteiger partial charge in [0.1, 0.15) is 5.76 Å². The van der Waals surface area contributed by atoms with Crippen LogP contribution in [0.25, 0.3) is 5.57 Å². The zero-order valence-electron chi connectivity index (χ0n) is 9.26. The minimum atomic E-state index is 0.194. The van der Waals surface area contributed by atoms with Crippen molar-refractivity contribution in [1.29, 1.82) is 0 Å². The average Bonchev–Trinajstić information content (AvgIpc) is 3.02. The zero-order valence-corrected chi connectivity index (χ0v) is 10.1. The van der Waals surface area contributed by atoms with Gasteiger partial charge in [-0.2, -0.15) is 0 Å². The van der Waals surface area contributed by atoms with Gasteiger partial charge in [0.05, 0.1) is 6.26 Å². The van der Waals surface area contributed by atoms with Crippen molar-refractivity contribution in [3.05, 3.63) is 52.6 Å². The standard InChI is InChI=1S/C14H12O2S/c15-12-8-10(13-3-1-5-16-13)7-11(9-12)14-4-2-6-17-14/h1-6,9-10H,7-8H2. The quantitative estimate of drug-likeness (QED) is 0.802. The van der Waals surface area contributed by atoms with E-state index in [0.717, 1.165) is 17.8 Å². The predicted octanol–water partition coefficient (Wildman–Crippen LogP) is 3.87. The topological polar surface area (TPSA) is 30.2 Å². The van der Waals surface area contributed by atoms with E-state index in [0.29, 0.717) is 6.42 Å². The lowest BCUT2D eigenvalue weighted by atomic mass is 9.86. The number of allylic oxidation sites excluding steroid dienone is 2. The number of furan rings is 1. The Morgan fingerprint density at radius 3 is 2.88 bits per heavy atom. The maximum absolute atomic E-state index is 11.8. The third-order valence-corrected chi connectivity index (χ3v) is 3.98. The van der Waals surface area contributed by atoms with Gasteiger partial charge in [0.15, 0.2) is 5.78 Å². The molecule has 0 saturated carbocycles. The molecule has 0 bridgehead atoms. The Kier molecular flexibility index (Phi) is 2.69. The molecule has 2 nitrogen and oxygen atoms in total. The summed E-state index contributed by atoms with van der Waals surface area (Å²) in [6.07, 6.45) is 4.90. The summed E-state index contributed by atoms with van der Waals surface area (Å²) >= 11 is 1.68. The van der Waals surface area contributed by atoms with Gasteiger partial charge in [-0.3, -0.25) is 4.79 Å². The first-order valence-corrected chi connectivity index (χ1v) is 6.51. The molecule has 0 radical (unpaired) electrons. The smallest absolute Gasteiger partial charge is 0.156 e. The maximum Gasteiger partial charge on any atom is 0.156 e. The minimum absolute atomic E-state index is 0.194. The number of hydrogen-bond acceptors (Lipinski definition) is 3. The third kappa shape index (κ3) is 2.11. The molecule has 0 N–H and O–H groups in total. The molecule has 0 saturated heterocycles. The Hall–Kier alpha value is -1.61. The van der Waals surface area contributed by atoms with Gasteiger partial charge >= 0.3 is 0 Å². The number of rotatable bonds is 2. The summed E-state index contributed by atoms with van der Waals surface area (Å²) in [5.74, 6) is 1.31. The number of thiophene rings is 1. The Bertz CT molecular complexity index is 535. The van der Waals surface area contributed by atoms with E-state index < -0.39 is 0 Å². The second-order valence-corrected chi connectivity index (χ2v) is 5.18. The Balaban J connectivity index is 1.90. The highest BCUT2D eigenvalue weighted by molar-refractivity contribution is 7.11. The minimum Gasteiger partial charge on any atom is -0.469 e. The van der Waals surface area contributed by atoms with Gasteiger partial charge in [0, 0.05) is 17.2 Å². The summed E-state index contributed by atoms with van der Waals surface area (Å²) in [6.45, 7) is 0. The molecule has 1 aliphatic carbocycles. The van der Waals surface area contributed by atoms with Gasteiger partial charge in [0.2, 0.25) is 0 Å². The van der Waals surface area contributed by atoms with Crippen molar-refractivity contribution in [2.75, 3.05) is 0 Å². The molecule has 0 aromatic carbocycles. The van der Waals surface area contributed by atoms with Crippen molar-refractivity contribution < 1.29 is 9.21 Å². The lowest BCUT2D eigenvalue weighted by Crippen LogP contribution is -2.11. The lowest BCUT2D eigenvalue weighted by molar-refractivity contribution is -0.115. The first-order valence-electron chi connectivity index (χ1n) is 5.63. The van der Waals surface area contributed by atoms with Crippen LogP contribution in [0, 0.1) is 0 Å². The zero-order chi connectivity index (χ0) is 11.7. The maximum atomic E-state index is 11.8. The highest BCUT2D eigenvalue weighted by Crippen LogP contribution is 2.37. The van der Waals surface area contributed by atoms with E-state index in [1.165, 1.54) is 4.88 Å². The molecule has 2 aromatic rings. The number of carbonyl (C=O) groups excluding carboxylic acids is 1. The first-order chi connectivity index (χ1) is 8.33. The third-order valence-electron chi connectivity index (χ3n) is 3.03. The van der Waals surface area contributed by atoms with Crippen molar-refractivity contribution in [1.82, 2.24) is 0 Å². The molecule has 2 heterocycles. The summed E-state index contributed by atoms with van der Waals surface area (Å²) in [4.78, 5) is 13.0. The van der Waals surface area contributed by atoms with E-state index in [2.05, 4.69) is 6.07 Å². The summed E-state index contributed by atoms with van der Waals surface area (Å²) in [7, 11) is 0.